The lowest BCUT2D eigenvalue weighted by Gasteiger charge is -2.44. The molecule has 0 fully saturated rings. The number of likely N-dealkylation sites (N-methyl/N-ethyl adjacent to an activating group) is 1. The summed E-state index contributed by atoms with van der Waals surface area (Å²) in [4.78, 5) is 14.4. The minimum atomic E-state index is -1.36. The van der Waals surface area contributed by atoms with Gasteiger partial charge in [-0.25, -0.2) is 0 Å². The molecule has 6 nitrogen and oxygen atoms in total. The number of benzene rings is 3. The van der Waals surface area contributed by atoms with Crippen LogP contribution in [0.4, 0.5) is 5.69 Å². The molecule has 1 N–H and O–H groups in total. The Labute approximate surface area is 180 Å². The fourth-order valence-electron chi connectivity index (χ4n) is 3.75. The van der Waals surface area contributed by atoms with Crippen LogP contribution in [0.25, 0.3) is 6.08 Å². The van der Waals surface area contributed by atoms with E-state index in [2.05, 4.69) is 10.5 Å². The van der Waals surface area contributed by atoms with Crippen molar-refractivity contribution >= 4 is 23.9 Å². The Morgan fingerprint density at radius 1 is 1.03 bits per heavy atom. The molecule has 0 aromatic heterocycles. The zero-order chi connectivity index (χ0) is 21.4. The number of hydrogen-bond acceptors (Lipinski definition) is 5. The Morgan fingerprint density at radius 3 is 2.65 bits per heavy atom. The number of nitrogens with one attached hydrogen (secondary N) is 1. The SMILES string of the molecule is Cc1cc2c(c(/C=N\Nc3ccccc3)c1)O[C@@]1(C=C2)Oc2ccccc2C(=O)N1C. The van der Waals surface area contributed by atoms with Crippen molar-refractivity contribution in [3.63, 3.8) is 0 Å². The van der Waals surface area contributed by atoms with Crippen LogP contribution in [0.5, 0.6) is 11.5 Å². The molecule has 0 aliphatic carbocycles. The number of aryl methyl sites for hydroxylation is 1. The lowest BCUT2D eigenvalue weighted by atomic mass is 10.0. The zero-order valence-corrected chi connectivity index (χ0v) is 17.2. The monoisotopic (exact) mass is 411 g/mol. The molecule has 0 saturated carbocycles. The maximum Gasteiger partial charge on any atom is 0.362 e. The molecule has 2 aliphatic heterocycles. The van der Waals surface area contributed by atoms with Crippen molar-refractivity contribution in [2.75, 3.05) is 12.5 Å². The van der Waals surface area contributed by atoms with E-state index < -0.39 is 5.91 Å². The minimum Gasteiger partial charge on any atom is -0.431 e. The number of nitrogens with zero attached hydrogens (tertiary/aromatic N) is 2. The quantitative estimate of drug-likeness (QED) is 0.503. The molecule has 0 unspecified atom stereocenters. The van der Waals surface area contributed by atoms with Gasteiger partial charge in [0, 0.05) is 24.3 Å². The maximum atomic E-state index is 13.0. The van der Waals surface area contributed by atoms with E-state index in [1.165, 1.54) is 4.90 Å². The van der Waals surface area contributed by atoms with Crippen molar-refractivity contribution in [3.8, 4) is 11.5 Å². The maximum absolute atomic E-state index is 13.0. The molecule has 6 heteroatoms. The van der Waals surface area contributed by atoms with E-state index >= 15 is 0 Å². The van der Waals surface area contributed by atoms with Gasteiger partial charge in [0.1, 0.15) is 11.5 Å². The number of ether oxygens (including phenoxy) is 2. The van der Waals surface area contributed by atoms with Crippen molar-refractivity contribution in [3.05, 3.63) is 95.1 Å². The molecule has 3 aromatic carbocycles. The third-order valence-electron chi connectivity index (χ3n) is 5.33. The van der Waals surface area contributed by atoms with E-state index in [1.54, 1.807) is 31.5 Å². The molecule has 31 heavy (non-hydrogen) atoms. The molecule has 154 valence electrons. The summed E-state index contributed by atoms with van der Waals surface area (Å²) >= 11 is 0. The fraction of sp³-hybridized carbons (Fsp3) is 0.120. The second kappa shape index (κ2) is 7.32. The standard InChI is InChI=1S/C25H21N3O3/c1-17-14-18-12-13-25(28(2)24(29)21-10-6-7-11-22(21)30-25)31-23(18)19(15-17)16-26-27-20-8-4-3-5-9-20/h3-16,27H,1-2H3/b26-16-/t25-/m1/s1. The summed E-state index contributed by atoms with van der Waals surface area (Å²) in [5, 5.41) is 4.36. The van der Waals surface area contributed by atoms with E-state index in [0.717, 1.165) is 22.4 Å². The van der Waals surface area contributed by atoms with Crippen LogP contribution in [0.3, 0.4) is 0 Å². The van der Waals surface area contributed by atoms with Crippen LogP contribution in [0.15, 0.2) is 77.9 Å². The summed E-state index contributed by atoms with van der Waals surface area (Å²) in [6.07, 6.45) is 5.40. The molecule has 1 atom stereocenters. The first-order chi connectivity index (χ1) is 15.1. The number of carbonyl (C=O) groups is 1. The molecule has 0 radical (unpaired) electrons. The normalized spacial score (nSPS) is 19.0. The largest absolute Gasteiger partial charge is 0.431 e. The molecule has 2 aliphatic rings. The van der Waals surface area contributed by atoms with Gasteiger partial charge >= 0.3 is 5.91 Å². The van der Waals surface area contributed by atoms with Gasteiger partial charge in [0.15, 0.2) is 0 Å². The van der Waals surface area contributed by atoms with E-state index in [9.17, 15) is 4.79 Å². The fourth-order valence-corrected chi connectivity index (χ4v) is 3.75. The van der Waals surface area contributed by atoms with Crippen LogP contribution in [0.2, 0.25) is 0 Å². The predicted molar refractivity (Wildman–Crippen MR) is 120 cm³/mol. The Kier molecular flexibility index (Phi) is 4.47. The van der Waals surface area contributed by atoms with Gasteiger partial charge in [-0.2, -0.15) is 5.10 Å². The van der Waals surface area contributed by atoms with E-state index in [4.69, 9.17) is 9.47 Å². The summed E-state index contributed by atoms with van der Waals surface area (Å²) in [7, 11) is 1.67. The second-order valence-corrected chi connectivity index (χ2v) is 7.54. The third-order valence-corrected chi connectivity index (χ3v) is 5.33. The molecule has 2 heterocycles. The highest BCUT2D eigenvalue weighted by Gasteiger charge is 2.47. The van der Waals surface area contributed by atoms with Gasteiger partial charge in [0.25, 0.3) is 5.91 Å². The summed E-state index contributed by atoms with van der Waals surface area (Å²) in [5.41, 5.74) is 7.17. The number of amides is 1. The first-order valence-electron chi connectivity index (χ1n) is 9.99. The highest BCUT2D eigenvalue weighted by atomic mass is 16.7. The number of carbonyl (C=O) groups excluding carboxylic acids is 1. The first kappa shape index (κ1) is 18.9. The molecule has 0 saturated heterocycles. The number of hydrogen-bond donors (Lipinski definition) is 1. The highest BCUT2D eigenvalue weighted by Crippen LogP contribution is 2.41. The van der Waals surface area contributed by atoms with E-state index in [-0.39, 0.29) is 5.91 Å². The summed E-state index contributed by atoms with van der Waals surface area (Å²) < 4.78 is 12.6. The van der Waals surface area contributed by atoms with Crippen LogP contribution >= 0.6 is 0 Å². The van der Waals surface area contributed by atoms with Crippen LogP contribution in [-0.2, 0) is 0 Å². The van der Waals surface area contributed by atoms with Crippen molar-refractivity contribution in [2.24, 2.45) is 5.10 Å². The summed E-state index contributed by atoms with van der Waals surface area (Å²) in [5.74, 6) is -0.427. The smallest absolute Gasteiger partial charge is 0.362 e. The Hall–Kier alpha value is -4.06. The number of hydrazone groups is 1. The molecule has 1 amide bonds. The van der Waals surface area contributed by atoms with Gasteiger partial charge in [-0.05, 0) is 55.0 Å². The summed E-state index contributed by atoms with van der Waals surface area (Å²) in [6.45, 7) is 2.02. The average molecular weight is 411 g/mol. The van der Waals surface area contributed by atoms with Crippen LogP contribution in [0, 0.1) is 6.92 Å². The number of fused-ring (bicyclic) bond motifs is 2. The van der Waals surface area contributed by atoms with E-state index in [1.807, 2.05) is 67.6 Å². The van der Waals surface area contributed by atoms with E-state index in [0.29, 0.717) is 17.1 Å². The first-order valence-corrected chi connectivity index (χ1v) is 9.99. The number of para-hydroxylation sites is 2. The molecular formula is C25H21N3O3. The Morgan fingerprint density at radius 2 is 1.81 bits per heavy atom. The van der Waals surface area contributed by atoms with Gasteiger partial charge < -0.3 is 9.47 Å². The Bertz CT molecular complexity index is 1220. The lowest BCUT2D eigenvalue weighted by molar-refractivity contribution is -0.166. The van der Waals surface area contributed by atoms with Gasteiger partial charge in [0.05, 0.1) is 17.5 Å². The van der Waals surface area contributed by atoms with Crippen LogP contribution < -0.4 is 14.9 Å². The predicted octanol–water partition coefficient (Wildman–Crippen LogP) is 4.67. The lowest BCUT2D eigenvalue weighted by Crippen LogP contribution is -2.60. The van der Waals surface area contributed by atoms with Crippen LogP contribution in [-0.4, -0.2) is 30.0 Å². The summed E-state index contributed by atoms with van der Waals surface area (Å²) in [6, 6.07) is 20.9. The van der Waals surface area contributed by atoms with Crippen molar-refractivity contribution in [1.82, 2.24) is 4.90 Å². The number of anilines is 1. The van der Waals surface area contributed by atoms with Gasteiger partial charge in [-0.1, -0.05) is 30.3 Å². The van der Waals surface area contributed by atoms with Gasteiger partial charge in [-0.3, -0.25) is 15.1 Å². The molecule has 0 bridgehead atoms. The molecule has 5 rings (SSSR count). The second-order valence-electron chi connectivity index (χ2n) is 7.54. The third kappa shape index (κ3) is 3.32. The number of rotatable bonds is 3. The van der Waals surface area contributed by atoms with Crippen molar-refractivity contribution < 1.29 is 14.3 Å². The van der Waals surface area contributed by atoms with Crippen LogP contribution in [0.1, 0.15) is 27.0 Å². The minimum absolute atomic E-state index is 0.164. The van der Waals surface area contributed by atoms with Crippen molar-refractivity contribution in [1.29, 1.82) is 0 Å². The zero-order valence-electron chi connectivity index (χ0n) is 17.2. The average Bonchev–Trinajstić information content (AvgIpc) is 2.79. The van der Waals surface area contributed by atoms with Crippen molar-refractivity contribution in [2.45, 2.75) is 12.8 Å². The van der Waals surface area contributed by atoms with Gasteiger partial charge in [-0.15, -0.1) is 0 Å². The molecular weight excluding hydrogens is 390 g/mol. The highest BCUT2D eigenvalue weighted by molar-refractivity contribution is 5.98. The molecule has 1 spiro atoms. The topological polar surface area (TPSA) is 63.2 Å². The van der Waals surface area contributed by atoms with Gasteiger partial charge in [0.2, 0.25) is 0 Å². The Balaban J connectivity index is 1.50. The molecule has 3 aromatic rings.